The standard InChI is InChI=1S/C54H97NO5/c1-4-7-10-13-16-19-21-23-25-26-27-28-30-32-35-38-41-44-47-54(59)60-50(45-42-39-36-34-31-29-24-22-20-17-14-11-8-5-2)48-53(58)55-51(49-56)52(57)46-43-40-37-33-18-15-12-9-6-3/h21,23,25-29,31,34,36,50-52,56-57H,4-20,22,24,30,32-33,35,37-49H2,1-3H3,(H,55,58)/b23-21+,26-25+,28-27+,31-29+,36-34+. The Bertz CT molecular complexity index is 1080. The quantitative estimate of drug-likeness (QED) is 0.0322. The second-order valence-corrected chi connectivity index (χ2v) is 17.3. The second-order valence-electron chi connectivity index (χ2n) is 17.3. The summed E-state index contributed by atoms with van der Waals surface area (Å²) in [6, 6.07) is -0.720. The van der Waals surface area contributed by atoms with Crippen molar-refractivity contribution in [1.82, 2.24) is 5.32 Å². The zero-order valence-electron chi connectivity index (χ0n) is 39.6. The summed E-state index contributed by atoms with van der Waals surface area (Å²) in [5.74, 6) is -0.544. The first-order valence-electron chi connectivity index (χ1n) is 25.6. The number of esters is 1. The van der Waals surface area contributed by atoms with E-state index in [1.54, 1.807) is 0 Å². The molecule has 348 valence electrons. The van der Waals surface area contributed by atoms with Gasteiger partial charge in [-0.05, 0) is 70.6 Å². The van der Waals surface area contributed by atoms with Crippen LogP contribution in [0.3, 0.4) is 0 Å². The van der Waals surface area contributed by atoms with E-state index in [-0.39, 0.29) is 24.9 Å². The highest BCUT2D eigenvalue weighted by Crippen LogP contribution is 2.16. The van der Waals surface area contributed by atoms with E-state index in [0.717, 1.165) is 77.0 Å². The molecule has 1 amide bonds. The molecule has 60 heavy (non-hydrogen) atoms. The normalized spacial score (nSPS) is 13.8. The predicted molar refractivity (Wildman–Crippen MR) is 259 cm³/mol. The van der Waals surface area contributed by atoms with Crippen molar-refractivity contribution in [3.8, 4) is 0 Å². The first-order valence-corrected chi connectivity index (χ1v) is 25.6. The molecule has 0 aliphatic carbocycles. The predicted octanol–water partition coefficient (Wildman–Crippen LogP) is 15.2. The highest BCUT2D eigenvalue weighted by atomic mass is 16.5. The molecule has 0 aliphatic rings. The fourth-order valence-corrected chi connectivity index (χ4v) is 7.49. The summed E-state index contributed by atoms with van der Waals surface area (Å²) in [7, 11) is 0. The number of nitrogens with one attached hydrogen (secondary N) is 1. The van der Waals surface area contributed by atoms with Crippen LogP contribution in [0.2, 0.25) is 0 Å². The molecule has 3 N–H and O–H groups in total. The number of hydrogen-bond acceptors (Lipinski definition) is 5. The number of aliphatic hydroxyl groups is 2. The lowest BCUT2D eigenvalue weighted by atomic mass is 10.0. The number of hydrogen-bond donors (Lipinski definition) is 3. The number of allylic oxidation sites excluding steroid dienone is 10. The molecular weight excluding hydrogens is 743 g/mol. The number of aliphatic hydroxyl groups excluding tert-OH is 2. The Balaban J connectivity index is 4.67. The largest absolute Gasteiger partial charge is 0.462 e. The van der Waals surface area contributed by atoms with Crippen LogP contribution in [-0.4, -0.2) is 46.9 Å². The van der Waals surface area contributed by atoms with Crippen molar-refractivity contribution < 1.29 is 24.5 Å². The molecule has 0 aliphatic heterocycles. The summed E-state index contributed by atoms with van der Waals surface area (Å²) in [4.78, 5) is 26.1. The van der Waals surface area contributed by atoms with Gasteiger partial charge in [-0.15, -0.1) is 0 Å². The van der Waals surface area contributed by atoms with E-state index in [1.807, 2.05) is 0 Å². The number of unbranched alkanes of at least 4 members (excludes halogenated alkanes) is 26. The summed E-state index contributed by atoms with van der Waals surface area (Å²) >= 11 is 0. The van der Waals surface area contributed by atoms with Crippen LogP contribution in [0.15, 0.2) is 60.8 Å². The monoisotopic (exact) mass is 840 g/mol. The van der Waals surface area contributed by atoms with Crippen LogP contribution >= 0.6 is 0 Å². The van der Waals surface area contributed by atoms with Gasteiger partial charge < -0.3 is 20.3 Å². The van der Waals surface area contributed by atoms with Crippen LogP contribution < -0.4 is 5.32 Å². The van der Waals surface area contributed by atoms with Crippen LogP contribution in [0, 0.1) is 0 Å². The Morgan fingerprint density at radius 1 is 0.483 bits per heavy atom. The SMILES string of the molecule is CCCCCCC/C=C/C=C/C=C/CCCCCCCC(=O)OC(CCC/C=C/C=C/CCCCCCCCC)CC(=O)NC(CO)C(O)CCCCCCCCCCC. The van der Waals surface area contributed by atoms with Gasteiger partial charge in [0.05, 0.1) is 25.2 Å². The third-order valence-corrected chi connectivity index (χ3v) is 11.4. The number of carbonyl (C=O) groups is 2. The molecule has 0 saturated carbocycles. The topological polar surface area (TPSA) is 95.9 Å². The molecule has 0 bridgehead atoms. The Hall–Kier alpha value is -2.44. The highest BCUT2D eigenvalue weighted by molar-refractivity contribution is 5.77. The van der Waals surface area contributed by atoms with Gasteiger partial charge in [-0.2, -0.15) is 0 Å². The fraction of sp³-hybridized carbons (Fsp3) is 0.778. The van der Waals surface area contributed by atoms with E-state index in [9.17, 15) is 19.8 Å². The zero-order valence-corrected chi connectivity index (χ0v) is 39.6. The van der Waals surface area contributed by atoms with E-state index >= 15 is 0 Å². The van der Waals surface area contributed by atoms with Crippen LogP contribution in [-0.2, 0) is 14.3 Å². The van der Waals surface area contributed by atoms with Gasteiger partial charge in [0.2, 0.25) is 5.91 Å². The molecule has 3 unspecified atom stereocenters. The Morgan fingerprint density at radius 2 is 0.867 bits per heavy atom. The van der Waals surface area contributed by atoms with Crippen molar-refractivity contribution in [2.24, 2.45) is 0 Å². The number of carbonyl (C=O) groups excluding carboxylic acids is 2. The lowest BCUT2D eigenvalue weighted by Crippen LogP contribution is -2.46. The summed E-state index contributed by atoms with van der Waals surface area (Å²) in [5, 5.41) is 23.6. The maximum atomic E-state index is 13.2. The van der Waals surface area contributed by atoms with E-state index in [1.165, 1.54) is 122 Å². The first kappa shape index (κ1) is 57.6. The van der Waals surface area contributed by atoms with Crippen molar-refractivity contribution in [2.45, 2.75) is 264 Å². The summed E-state index contributed by atoms with van der Waals surface area (Å²) in [5.41, 5.74) is 0. The van der Waals surface area contributed by atoms with Crippen LogP contribution in [0.4, 0.5) is 0 Å². The minimum atomic E-state index is -0.802. The molecule has 0 aromatic carbocycles. The van der Waals surface area contributed by atoms with E-state index in [2.05, 4.69) is 86.8 Å². The summed E-state index contributed by atoms with van der Waals surface area (Å²) < 4.78 is 5.89. The van der Waals surface area contributed by atoms with Crippen molar-refractivity contribution in [3.63, 3.8) is 0 Å². The lowest BCUT2D eigenvalue weighted by Gasteiger charge is -2.24. The second kappa shape index (κ2) is 47.6. The molecule has 3 atom stereocenters. The van der Waals surface area contributed by atoms with Gasteiger partial charge in [-0.1, -0.05) is 223 Å². The third-order valence-electron chi connectivity index (χ3n) is 11.4. The number of amides is 1. The minimum absolute atomic E-state index is 0.0349. The van der Waals surface area contributed by atoms with Crippen molar-refractivity contribution >= 4 is 11.9 Å². The Labute approximate surface area is 371 Å². The number of rotatable bonds is 45. The van der Waals surface area contributed by atoms with Crippen molar-refractivity contribution in [2.75, 3.05) is 6.61 Å². The van der Waals surface area contributed by atoms with Crippen molar-refractivity contribution in [1.29, 1.82) is 0 Å². The van der Waals surface area contributed by atoms with Gasteiger partial charge in [-0.25, -0.2) is 0 Å². The fourth-order valence-electron chi connectivity index (χ4n) is 7.49. The summed E-state index contributed by atoms with van der Waals surface area (Å²) in [6.07, 6.45) is 58.6. The molecule has 0 saturated heterocycles. The third kappa shape index (κ3) is 42.3. The van der Waals surface area contributed by atoms with Crippen LogP contribution in [0.25, 0.3) is 0 Å². The molecule has 0 radical (unpaired) electrons. The van der Waals surface area contributed by atoms with Crippen LogP contribution in [0.1, 0.15) is 245 Å². The van der Waals surface area contributed by atoms with Crippen LogP contribution in [0.5, 0.6) is 0 Å². The van der Waals surface area contributed by atoms with E-state index in [0.29, 0.717) is 19.3 Å². The molecule has 6 nitrogen and oxygen atoms in total. The lowest BCUT2D eigenvalue weighted by molar-refractivity contribution is -0.151. The van der Waals surface area contributed by atoms with Gasteiger partial charge in [0, 0.05) is 6.42 Å². The average molecular weight is 840 g/mol. The molecule has 0 aromatic rings. The van der Waals surface area contributed by atoms with E-state index in [4.69, 9.17) is 4.74 Å². The molecule has 0 spiro atoms. The van der Waals surface area contributed by atoms with Gasteiger partial charge in [-0.3, -0.25) is 9.59 Å². The minimum Gasteiger partial charge on any atom is -0.462 e. The average Bonchev–Trinajstić information content (AvgIpc) is 3.24. The zero-order chi connectivity index (χ0) is 43.8. The molecule has 0 heterocycles. The maximum Gasteiger partial charge on any atom is 0.306 e. The van der Waals surface area contributed by atoms with Crippen molar-refractivity contribution in [3.05, 3.63) is 60.8 Å². The van der Waals surface area contributed by atoms with Gasteiger partial charge >= 0.3 is 5.97 Å². The van der Waals surface area contributed by atoms with Gasteiger partial charge in [0.1, 0.15) is 6.10 Å². The summed E-state index contributed by atoms with van der Waals surface area (Å²) in [6.45, 7) is 6.42. The molecule has 0 aromatic heterocycles. The molecular formula is C54H97NO5. The first-order chi connectivity index (χ1) is 29.5. The Morgan fingerprint density at radius 3 is 1.32 bits per heavy atom. The maximum absolute atomic E-state index is 13.2. The number of ether oxygens (including phenoxy) is 1. The highest BCUT2D eigenvalue weighted by Gasteiger charge is 2.24. The van der Waals surface area contributed by atoms with Gasteiger partial charge in [0.15, 0.2) is 0 Å². The Kier molecular flexibility index (Phi) is 45.7. The molecule has 6 heteroatoms. The van der Waals surface area contributed by atoms with E-state index < -0.39 is 18.2 Å². The molecule has 0 rings (SSSR count). The smallest absolute Gasteiger partial charge is 0.306 e. The van der Waals surface area contributed by atoms with Gasteiger partial charge in [0.25, 0.3) is 0 Å². The molecule has 0 fully saturated rings.